The second-order valence-corrected chi connectivity index (χ2v) is 6.30. The molecule has 1 aliphatic rings. The summed E-state index contributed by atoms with van der Waals surface area (Å²) in [5.74, 6) is -0.0320. The van der Waals surface area contributed by atoms with Crippen molar-refractivity contribution in [2.24, 2.45) is 11.1 Å². The van der Waals surface area contributed by atoms with Gasteiger partial charge in [-0.1, -0.05) is 64.7 Å². The van der Waals surface area contributed by atoms with Gasteiger partial charge in [-0.15, -0.1) is 0 Å². The summed E-state index contributed by atoms with van der Waals surface area (Å²) < 4.78 is 5.52. The molecule has 20 heavy (non-hydrogen) atoms. The van der Waals surface area contributed by atoms with E-state index in [1.807, 2.05) is 0 Å². The third-order valence-corrected chi connectivity index (χ3v) is 4.62. The molecular formula is C17H33NO2. The smallest absolute Gasteiger partial charge is 0.313 e. The van der Waals surface area contributed by atoms with Crippen molar-refractivity contribution in [1.82, 2.24) is 0 Å². The predicted octanol–water partition coefficient (Wildman–Crippen LogP) is 4.19. The van der Waals surface area contributed by atoms with E-state index in [1.54, 1.807) is 0 Å². The monoisotopic (exact) mass is 283 g/mol. The van der Waals surface area contributed by atoms with Gasteiger partial charge in [0.1, 0.15) is 0 Å². The molecule has 0 aliphatic heterocycles. The maximum Gasteiger partial charge on any atom is 0.313 e. The number of ether oxygens (including phenoxy) is 1. The summed E-state index contributed by atoms with van der Waals surface area (Å²) in [6, 6.07) is 0. The highest BCUT2D eigenvalue weighted by atomic mass is 16.5. The molecule has 0 bridgehead atoms. The van der Waals surface area contributed by atoms with Gasteiger partial charge in [0.15, 0.2) is 0 Å². The molecule has 0 saturated heterocycles. The first-order valence-corrected chi connectivity index (χ1v) is 8.62. The van der Waals surface area contributed by atoms with Gasteiger partial charge >= 0.3 is 5.97 Å². The maximum absolute atomic E-state index is 12.3. The molecule has 0 amide bonds. The van der Waals surface area contributed by atoms with Gasteiger partial charge in [-0.25, -0.2) is 0 Å². The largest absolute Gasteiger partial charge is 0.465 e. The molecule has 0 aromatic rings. The van der Waals surface area contributed by atoms with Gasteiger partial charge in [0.2, 0.25) is 0 Å². The Kier molecular flexibility index (Phi) is 8.92. The molecule has 0 aromatic carbocycles. The molecule has 0 aromatic heterocycles. The molecule has 1 rings (SSSR count). The van der Waals surface area contributed by atoms with Crippen LogP contribution in [0.2, 0.25) is 0 Å². The molecule has 0 atom stereocenters. The number of hydrogen-bond acceptors (Lipinski definition) is 3. The van der Waals surface area contributed by atoms with Crippen LogP contribution in [-0.2, 0) is 9.53 Å². The SMILES string of the molecule is CCCCCCCCOC(=O)C1(CN)CCCCCC1. The first kappa shape index (κ1) is 17.5. The lowest BCUT2D eigenvalue weighted by molar-refractivity contribution is -0.156. The van der Waals surface area contributed by atoms with Crippen molar-refractivity contribution in [3.8, 4) is 0 Å². The first-order chi connectivity index (χ1) is 9.75. The van der Waals surface area contributed by atoms with Crippen molar-refractivity contribution in [3.05, 3.63) is 0 Å². The van der Waals surface area contributed by atoms with E-state index in [0.717, 1.165) is 32.1 Å². The fourth-order valence-electron chi connectivity index (χ4n) is 3.10. The minimum atomic E-state index is -0.376. The zero-order valence-electron chi connectivity index (χ0n) is 13.3. The average molecular weight is 283 g/mol. The van der Waals surface area contributed by atoms with E-state index >= 15 is 0 Å². The second kappa shape index (κ2) is 10.2. The second-order valence-electron chi connectivity index (χ2n) is 6.30. The van der Waals surface area contributed by atoms with Crippen LogP contribution in [0.5, 0.6) is 0 Å². The van der Waals surface area contributed by atoms with Crippen LogP contribution in [0.1, 0.15) is 84.0 Å². The van der Waals surface area contributed by atoms with Gasteiger partial charge in [-0.3, -0.25) is 4.79 Å². The lowest BCUT2D eigenvalue weighted by Gasteiger charge is -2.28. The van der Waals surface area contributed by atoms with Crippen LogP contribution >= 0.6 is 0 Å². The topological polar surface area (TPSA) is 52.3 Å². The highest BCUT2D eigenvalue weighted by Crippen LogP contribution is 2.35. The van der Waals surface area contributed by atoms with E-state index in [0.29, 0.717) is 13.2 Å². The fraction of sp³-hybridized carbons (Fsp3) is 0.941. The normalized spacial score (nSPS) is 18.5. The molecule has 0 radical (unpaired) electrons. The number of carbonyl (C=O) groups is 1. The molecule has 0 spiro atoms. The zero-order chi connectivity index (χ0) is 14.7. The van der Waals surface area contributed by atoms with Crippen molar-refractivity contribution >= 4 is 5.97 Å². The summed E-state index contributed by atoms with van der Waals surface area (Å²) in [5, 5.41) is 0. The summed E-state index contributed by atoms with van der Waals surface area (Å²) in [6.07, 6.45) is 13.8. The fourth-order valence-corrected chi connectivity index (χ4v) is 3.10. The molecule has 0 unspecified atom stereocenters. The van der Waals surface area contributed by atoms with Crippen molar-refractivity contribution in [2.75, 3.05) is 13.2 Å². The lowest BCUT2D eigenvalue weighted by atomic mass is 9.80. The molecule has 0 heterocycles. The third-order valence-electron chi connectivity index (χ3n) is 4.62. The van der Waals surface area contributed by atoms with Crippen LogP contribution in [0.4, 0.5) is 0 Å². The Hall–Kier alpha value is -0.570. The summed E-state index contributed by atoms with van der Waals surface area (Å²) in [4.78, 5) is 12.3. The van der Waals surface area contributed by atoms with E-state index < -0.39 is 0 Å². The Morgan fingerprint density at radius 2 is 1.60 bits per heavy atom. The Morgan fingerprint density at radius 3 is 2.20 bits per heavy atom. The summed E-state index contributed by atoms with van der Waals surface area (Å²) >= 11 is 0. The molecule has 2 N–H and O–H groups in total. The maximum atomic E-state index is 12.3. The zero-order valence-corrected chi connectivity index (χ0v) is 13.3. The molecule has 3 nitrogen and oxygen atoms in total. The van der Waals surface area contributed by atoms with E-state index in [9.17, 15) is 4.79 Å². The van der Waals surface area contributed by atoms with Gasteiger partial charge in [0.25, 0.3) is 0 Å². The van der Waals surface area contributed by atoms with Crippen LogP contribution < -0.4 is 5.73 Å². The minimum absolute atomic E-state index is 0.0320. The highest BCUT2D eigenvalue weighted by molar-refractivity contribution is 5.77. The van der Waals surface area contributed by atoms with Gasteiger partial charge in [0, 0.05) is 6.54 Å². The minimum Gasteiger partial charge on any atom is -0.465 e. The van der Waals surface area contributed by atoms with Crippen molar-refractivity contribution < 1.29 is 9.53 Å². The average Bonchev–Trinajstić information content (AvgIpc) is 2.72. The predicted molar refractivity (Wildman–Crippen MR) is 83.5 cm³/mol. The Morgan fingerprint density at radius 1 is 1.00 bits per heavy atom. The van der Waals surface area contributed by atoms with Crippen LogP contribution in [0.25, 0.3) is 0 Å². The van der Waals surface area contributed by atoms with Gasteiger partial charge in [0.05, 0.1) is 12.0 Å². The van der Waals surface area contributed by atoms with E-state index in [1.165, 1.54) is 44.9 Å². The molecule has 1 saturated carbocycles. The van der Waals surface area contributed by atoms with E-state index in [-0.39, 0.29) is 11.4 Å². The Bertz CT molecular complexity index is 258. The number of hydrogen-bond donors (Lipinski definition) is 1. The number of esters is 1. The summed E-state index contributed by atoms with van der Waals surface area (Å²) in [7, 11) is 0. The van der Waals surface area contributed by atoms with E-state index in [2.05, 4.69) is 6.92 Å². The van der Waals surface area contributed by atoms with Crippen LogP contribution in [0.15, 0.2) is 0 Å². The molecule has 118 valence electrons. The van der Waals surface area contributed by atoms with Gasteiger partial charge < -0.3 is 10.5 Å². The van der Waals surface area contributed by atoms with Crippen LogP contribution in [-0.4, -0.2) is 19.1 Å². The van der Waals surface area contributed by atoms with Crippen LogP contribution in [0.3, 0.4) is 0 Å². The number of carbonyl (C=O) groups excluding carboxylic acids is 1. The van der Waals surface area contributed by atoms with Gasteiger partial charge in [-0.2, -0.15) is 0 Å². The number of rotatable bonds is 9. The third kappa shape index (κ3) is 5.82. The molecular weight excluding hydrogens is 250 g/mol. The highest BCUT2D eigenvalue weighted by Gasteiger charge is 2.38. The van der Waals surface area contributed by atoms with Gasteiger partial charge in [-0.05, 0) is 19.3 Å². The summed E-state index contributed by atoms with van der Waals surface area (Å²) in [5.41, 5.74) is 5.52. The van der Waals surface area contributed by atoms with E-state index in [4.69, 9.17) is 10.5 Å². The Labute approximate surface area is 124 Å². The molecule has 1 aliphatic carbocycles. The van der Waals surface area contributed by atoms with Crippen molar-refractivity contribution in [1.29, 1.82) is 0 Å². The molecule has 1 fully saturated rings. The first-order valence-electron chi connectivity index (χ1n) is 8.62. The standard InChI is InChI=1S/C17H33NO2/c1-2-3-4-5-8-11-14-20-16(19)17(15-18)12-9-6-7-10-13-17/h2-15,18H2,1H3. The number of nitrogens with two attached hydrogens (primary N) is 1. The lowest BCUT2D eigenvalue weighted by Crippen LogP contribution is -2.39. The van der Waals surface area contributed by atoms with Crippen molar-refractivity contribution in [3.63, 3.8) is 0 Å². The quantitative estimate of drug-likeness (QED) is 0.392. The molecule has 3 heteroatoms. The van der Waals surface area contributed by atoms with Crippen molar-refractivity contribution in [2.45, 2.75) is 84.0 Å². The number of unbranched alkanes of at least 4 members (excludes halogenated alkanes) is 5. The van der Waals surface area contributed by atoms with Crippen LogP contribution in [0, 0.1) is 5.41 Å². The summed E-state index contributed by atoms with van der Waals surface area (Å²) in [6.45, 7) is 3.25. The Balaban J connectivity index is 2.22.